The molecule has 92 valence electrons. The predicted molar refractivity (Wildman–Crippen MR) is 62.4 cm³/mol. The Labute approximate surface area is 97.1 Å². The molecular formula is C12H22N2O2. The molecule has 4 nitrogen and oxygen atoms in total. The summed E-state index contributed by atoms with van der Waals surface area (Å²) >= 11 is 0. The molecule has 2 N–H and O–H groups in total. The van der Waals surface area contributed by atoms with Crippen LogP contribution in [-0.2, 0) is 4.74 Å². The molecule has 4 heteroatoms. The number of rotatable bonds is 2. The van der Waals surface area contributed by atoms with Crippen molar-refractivity contribution in [2.75, 3.05) is 13.2 Å². The molecule has 1 saturated heterocycles. The summed E-state index contributed by atoms with van der Waals surface area (Å²) in [7, 11) is 0. The Balaban J connectivity index is 1.66. The van der Waals surface area contributed by atoms with E-state index in [0.29, 0.717) is 12.6 Å². The third-order valence-corrected chi connectivity index (χ3v) is 3.44. The van der Waals surface area contributed by atoms with Crippen molar-refractivity contribution in [3.8, 4) is 0 Å². The van der Waals surface area contributed by atoms with Crippen LogP contribution in [-0.4, -0.2) is 31.3 Å². The monoisotopic (exact) mass is 226 g/mol. The van der Waals surface area contributed by atoms with Crippen LogP contribution in [0, 0.1) is 0 Å². The lowest BCUT2D eigenvalue weighted by molar-refractivity contribution is 0.0729. The Morgan fingerprint density at radius 3 is 2.31 bits per heavy atom. The van der Waals surface area contributed by atoms with Crippen LogP contribution in [0.2, 0.25) is 0 Å². The van der Waals surface area contributed by atoms with E-state index in [1.165, 1.54) is 19.3 Å². The van der Waals surface area contributed by atoms with E-state index in [2.05, 4.69) is 10.6 Å². The van der Waals surface area contributed by atoms with E-state index in [0.717, 1.165) is 32.3 Å². The lowest BCUT2D eigenvalue weighted by Crippen LogP contribution is -2.49. The van der Waals surface area contributed by atoms with Gasteiger partial charge in [-0.15, -0.1) is 0 Å². The first-order valence-electron chi connectivity index (χ1n) is 6.49. The summed E-state index contributed by atoms with van der Waals surface area (Å²) in [5.41, 5.74) is 0. The van der Waals surface area contributed by atoms with E-state index in [4.69, 9.17) is 4.74 Å². The Bertz CT molecular complexity index is 199. The Morgan fingerprint density at radius 1 is 0.938 bits per heavy atom. The second-order valence-corrected chi connectivity index (χ2v) is 4.87. The third-order valence-electron chi connectivity index (χ3n) is 3.44. The van der Waals surface area contributed by atoms with E-state index < -0.39 is 0 Å². The molecule has 1 atom stereocenters. The lowest BCUT2D eigenvalue weighted by atomic mass is 9.96. The van der Waals surface area contributed by atoms with Crippen molar-refractivity contribution in [2.45, 2.75) is 57.0 Å². The quantitative estimate of drug-likeness (QED) is 0.754. The van der Waals surface area contributed by atoms with Crippen LogP contribution in [0.25, 0.3) is 0 Å². The van der Waals surface area contributed by atoms with Gasteiger partial charge in [0.05, 0.1) is 12.6 Å². The van der Waals surface area contributed by atoms with Gasteiger partial charge in [-0.05, 0) is 25.7 Å². The molecule has 0 aromatic carbocycles. The van der Waals surface area contributed by atoms with Gasteiger partial charge in [0, 0.05) is 12.6 Å². The van der Waals surface area contributed by atoms with Gasteiger partial charge in [-0.3, -0.25) is 0 Å². The fraction of sp³-hybridized carbons (Fsp3) is 0.917. The minimum atomic E-state index is -0.0117. The van der Waals surface area contributed by atoms with Crippen LogP contribution in [0.15, 0.2) is 0 Å². The van der Waals surface area contributed by atoms with Gasteiger partial charge in [0.25, 0.3) is 0 Å². The molecule has 2 aliphatic rings. The number of carbonyl (C=O) groups excluding carboxylic acids is 1. The number of ether oxygens (including phenoxy) is 1. The van der Waals surface area contributed by atoms with E-state index in [-0.39, 0.29) is 12.1 Å². The highest BCUT2D eigenvalue weighted by molar-refractivity contribution is 5.74. The molecule has 0 aromatic rings. The fourth-order valence-electron chi connectivity index (χ4n) is 2.51. The molecule has 1 saturated carbocycles. The summed E-state index contributed by atoms with van der Waals surface area (Å²) in [6.07, 6.45) is 8.17. The third kappa shape index (κ3) is 3.67. The van der Waals surface area contributed by atoms with Crippen LogP contribution in [0.4, 0.5) is 4.79 Å². The number of hydrogen-bond donors (Lipinski definition) is 2. The van der Waals surface area contributed by atoms with E-state index in [9.17, 15) is 4.79 Å². The summed E-state index contributed by atoms with van der Waals surface area (Å²) in [4.78, 5) is 11.7. The van der Waals surface area contributed by atoms with Gasteiger partial charge in [0.15, 0.2) is 0 Å². The number of carbonyl (C=O) groups is 1. The van der Waals surface area contributed by atoms with Crippen LogP contribution >= 0.6 is 0 Å². The topological polar surface area (TPSA) is 50.4 Å². The molecule has 1 aliphatic heterocycles. The molecule has 2 fully saturated rings. The van der Waals surface area contributed by atoms with Gasteiger partial charge in [-0.2, -0.15) is 0 Å². The second-order valence-electron chi connectivity index (χ2n) is 4.87. The highest BCUT2D eigenvalue weighted by atomic mass is 16.5. The lowest BCUT2D eigenvalue weighted by Gasteiger charge is -2.26. The van der Waals surface area contributed by atoms with Crippen molar-refractivity contribution in [1.82, 2.24) is 10.6 Å². The first kappa shape index (κ1) is 11.7. The van der Waals surface area contributed by atoms with Gasteiger partial charge in [-0.25, -0.2) is 4.79 Å². The molecule has 1 heterocycles. The van der Waals surface area contributed by atoms with E-state index >= 15 is 0 Å². The smallest absolute Gasteiger partial charge is 0.315 e. The molecule has 1 unspecified atom stereocenters. The number of hydrogen-bond acceptors (Lipinski definition) is 2. The molecule has 2 amide bonds. The zero-order chi connectivity index (χ0) is 11.2. The minimum absolute atomic E-state index is 0.0117. The molecule has 0 bridgehead atoms. The van der Waals surface area contributed by atoms with Crippen molar-refractivity contribution >= 4 is 6.03 Å². The van der Waals surface area contributed by atoms with Crippen LogP contribution in [0.1, 0.15) is 44.9 Å². The number of nitrogens with one attached hydrogen (secondary N) is 2. The van der Waals surface area contributed by atoms with Crippen LogP contribution in [0.5, 0.6) is 0 Å². The van der Waals surface area contributed by atoms with Gasteiger partial charge in [0.1, 0.15) is 0 Å². The largest absolute Gasteiger partial charge is 0.379 e. The van der Waals surface area contributed by atoms with Crippen molar-refractivity contribution in [2.24, 2.45) is 0 Å². The number of urea groups is 1. The molecule has 0 radical (unpaired) electrons. The van der Waals surface area contributed by atoms with Crippen molar-refractivity contribution in [1.29, 1.82) is 0 Å². The highest BCUT2D eigenvalue weighted by Crippen LogP contribution is 2.17. The van der Waals surface area contributed by atoms with Crippen LogP contribution in [0.3, 0.4) is 0 Å². The summed E-state index contributed by atoms with van der Waals surface area (Å²) < 4.78 is 5.33. The SMILES string of the molecule is O=C(NC1CCCCC1)NC1CCCOC1. The van der Waals surface area contributed by atoms with Crippen molar-refractivity contribution < 1.29 is 9.53 Å². The summed E-state index contributed by atoms with van der Waals surface area (Å²) in [5.74, 6) is 0. The standard InChI is InChI=1S/C12H22N2O2/c15-12(13-10-5-2-1-3-6-10)14-11-7-4-8-16-9-11/h10-11H,1-9H2,(H2,13,14,15). The molecule has 16 heavy (non-hydrogen) atoms. The molecule has 0 aromatic heterocycles. The summed E-state index contributed by atoms with van der Waals surface area (Å²) in [6, 6.07) is 0.581. The number of amides is 2. The van der Waals surface area contributed by atoms with Crippen LogP contribution < -0.4 is 10.6 Å². The summed E-state index contributed by atoms with van der Waals surface area (Å²) in [6.45, 7) is 1.50. The summed E-state index contributed by atoms with van der Waals surface area (Å²) in [5, 5.41) is 6.05. The van der Waals surface area contributed by atoms with Crippen molar-refractivity contribution in [3.63, 3.8) is 0 Å². The van der Waals surface area contributed by atoms with Gasteiger partial charge < -0.3 is 15.4 Å². The maximum atomic E-state index is 11.7. The Hall–Kier alpha value is -0.770. The van der Waals surface area contributed by atoms with Gasteiger partial charge >= 0.3 is 6.03 Å². The maximum absolute atomic E-state index is 11.7. The molecular weight excluding hydrogens is 204 g/mol. The Morgan fingerprint density at radius 2 is 1.62 bits per heavy atom. The average Bonchev–Trinajstić information content (AvgIpc) is 2.31. The minimum Gasteiger partial charge on any atom is -0.379 e. The second kappa shape index (κ2) is 6.09. The Kier molecular flexibility index (Phi) is 4.45. The first-order valence-corrected chi connectivity index (χ1v) is 6.49. The zero-order valence-electron chi connectivity index (χ0n) is 9.84. The van der Waals surface area contributed by atoms with E-state index in [1.807, 2.05) is 0 Å². The molecule has 0 spiro atoms. The average molecular weight is 226 g/mol. The van der Waals surface area contributed by atoms with Gasteiger partial charge in [-0.1, -0.05) is 19.3 Å². The zero-order valence-corrected chi connectivity index (χ0v) is 9.84. The molecule has 2 rings (SSSR count). The normalized spacial score (nSPS) is 27.4. The van der Waals surface area contributed by atoms with E-state index in [1.54, 1.807) is 0 Å². The maximum Gasteiger partial charge on any atom is 0.315 e. The predicted octanol–water partition coefficient (Wildman–Crippen LogP) is 1.80. The van der Waals surface area contributed by atoms with Gasteiger partial charge in [0.2, 0.25) is 0 Å². The first-order chi connectivity index (χ1) is 7.84. The highest BCUT2D eigenvalue weighted by Gasteiger charge is 2.19. The van der Waals surface area contributed by atoms with Crippen molar-refractivity contribution in [3.05, 3.63) is 0 Å². The fourth-order valence-corrected chi connectivity index (χ4v) is 2.51. The molecule has 1 aliphatic carbocycles.